The van der Waals surface area contributed by atoms with E-state index >= 15 is 0 Å². The van der Waals surface area contributed by atoms with Gasteiger partial charge in [-0.2, -0.15) is 0 Å². The average Bonchev–Trinajstić information content (AvgIpc) is 2.71. The van der Waals surface area contributed by atoms with E-state index in [-0.39, 0.29) is 11.8 Å². The zero-order valence-electron chi connectivity index (χ0n) is 16.7. The highest BCUT2D eigenvalue weighted by Crippen LogP contribution is 2.31. The van der Waals surface area contributed by atoms with Gasteiger partial charge in [-0.1, -0.05) is 19.1 Å². The summed E-state index contributed by atoms with van der Waals surface area (Å²) in [6.45, 7) is 2.09. The van der Waals surface area contributed by atoms with Crippen molar-refractivity contribution in [1.82, 2.24) is 0 Å². The van der Waals surface area contributed by atoms with Crippen LogP contribution in [0.25, 0.3) is 0 Å². The monoisotopic (exact) mass is 372 g/mol. The van der Waals surface area contributed by atoms with Gasteiger partial charge in [-0.25, -0.2) is 0 Å². The maximum atomic E-state index is 11.7. The van der Waals surface area contributed by atoms with Gasteiger partial charge in [0.2, 0.25) is 0 Å². The molecule has 2 aromatic carbocycles. The molecule has 0 aliphatic heterocycles. The Hall–Kier alpha value is -2.69. The van der Waals surface area contributed by atoms with Gasteiger partial charge in [0.15, 0.2) is 23.0 Å². The number of rotatable bonds is 10. The Morgan fingerprint density at radius 3 is 1.59 bits per heavy atom. The number of ether oxygens (including phenoxy) is 4. The van der Waals surface area contributed by atoms with Crippen molar-refractivity contribution >= 4 is 6.29 Å². The number of carbonyl (C=O) groups is 1. The van der Waals surface area contributed by atoms with Crippen LogP contribution in [-0.2, 0) is 17.6 Å². The highest BCUT2D eigenvalue weighted by atomic mass is 16.5. The summed E-state index contributed by atoms with van der Waals surface area (Å²) in [6, 6.07) is 11.6. The summed E-state index contributed by atoms with van der Waals surface area (Å²) in [5.41, 5.74) is 2.16. The van der Waals surface area contributed by atoms with Crippen molar-refractivity contribution in [2.24, 2.45) is 11.8 Å². The molecule has 0 heterocycles. The number of hydrogen-bond donors (Lipinski definition) is 0. The summed E-state index contributed by atoms with van der Waals surface area (Å²) in [4.78, 5) is 11.7. The van der Waals surface area contributed by atoms with Crippen LogP contribution in [0.15, 0.2) is 36.4 Å². The van der Waals surface area contributed by atoms with Crippen molar-refractivity contribution < 1.29 is 23.7 Å². The van der Waals surface area contributed by atoms with Gasteiger partial charge >= 0.3 is 0 Å². The van der Waals surface area contributed by atoms with Crippen LogP contribution in [-0.4, -0.2) is 34.7 Å². The van der Waals surface area contributed by atoms with Crippen LogP contribution in [0.3, 0.4) is 0 Å². The molecule has 146 valence electrons. The van der Waals surface area contributed by atoms with Crippen LogP contribution in [0.2, 0.25) is 0 Å². The first-order valence-electron chi connectivity index (χ1n) is 8.93. The molecule has 2 aromatic rings. The van der Waals surface area contributed by atoms with Crippen molar-refractivity contribution in [3.05, 3.63) is 47.5 Å². The first-order valence-corrected chi connectivity index (χ1v) is 8.93. The van der Waals surface area contributed by atoms with Gasteiger partial charge < -0.3 is 23.7 Å². The molecule has 5 nitrogen and oxygen atoms in total. The summed E-state index contributed by atoms with van der Waals surface area (Å²) in [5.74, 6) is 2.83. The van der Waals surface area contributed by atoms with E-state index in [4.69, 9.17) is 18.9 Å². The zero-order chi connectivity index (χ0) is 19.8. The second-order valence-corrected chi connectivity index (χ2v) is 6.56. The third-order valence-corrected chi connectivity index (χ3v) is 4.83. The van der Waals surface area contributed by atoms with Crippen LogP contribution in [0.1, 0.15) is 18.1 Å². The first-order chi connectivity index (χ1) is 13.1. The van der Waals surface area contributed by atoms with Gasteiger partial charge in [-0.3, -0.25) is 0 Å². The van der Waals surface area contributed by atoms with Crippen LogP contribution in [0, 0.1) is 11.8 Å². The standard InChI is InChI=1S/C22H28O5/c1-15(10-16-6-8-19(24-2)21(12-16)26-4)18(14-23)11-17-7-9-20(25-3)22(13-17)27-5/h6-9,12-15,18H,10-11H2,1-5H3/t15-,18-/m1/s1. The van der Waals surface area contributed by atoms with Crippen LogP contribution >= 0.6 is 0 Å². The lowest BCUT2D eigenvalue weighted by Crippen LogP contribution is -2.18. The number of carbonyl (C=O) groups excluding carboxylic acids is 1. The molecular weight excluding hydrogens is 344 g/mol. The fourth-order valence-electron chi connectivity index (χ4n) is 3.19. The van der Waals surface area contributed by atoms with Crippen molar-refractivity contribution in [1.29, 1.82) is 0 Å². The molecule has 2 rings (SSSR count). The lowest BCUT2D eigenvalue weighted by Gasteiger charge is -2.20. The van der Waals surface area contributed by atoms with Gasteiger partial charge in [0.05, 0.1) is 28.4 Å². The van der Waals surface area contributed by atoms with Crippen molar-refractivity contribution in [2.75, 3.05) is 28.4 Å². The molecule has 2 atom stereocenters. The normalized spacial score (nSPS) is 12.8. The maximum absolute atomic E-state index is 11.7. The van der Waals surface area contributed by atoms with E-state index in [0.717, 1.165) is 23.8 Å². The maximum Gasteiger partial charge on any atom is 0.160 e. The van der Waals surface area contributed by atoms with Gasteiger partial charge in [0.1, 0.15) is 6.29 Å². The Morgan fingerprint density at radius 1 is 0.741 bits per heavy atom. The summed E-state index contributed by atoms with van der Waals surface area (Å²) in [5, 5.41) is 0. The molecule has 0 amide bonds. The van der Waals surface area contributed by atoms with E-state index in [0.29, 0.717) is 29.4 Å². The van der Waals surface area contributed by atoms with Gasteiger partial charge in [-0.05, 0) is 54.2 Å². The molecule has 0 aliphatic rings. The molecule has 5 heteroatoms. The minimum absolute atomic E-state index is 0.101. The molecule has 0 aliphatic carbocycles. The molecule has 0 unspecified atom stereocenters. The Labute approximate surface area is 161 Å². The van der Waals surface area contributed by atoms with Crippen molar-refractivity contribution in [2.45, 2.75) is 19.8 Å². The highest BCUT2D eigenvalue weighted by Gasteiger charge is 2.19. The molecule has 0 bridgehead atoms. The van der Waals surface area contributed by atoms with Crippen molar-refractivity contribution in [3.63, 3.8) is 0 Å². The van der Waals surface area contributed by atoms with Crippen LogP contribution in [0.5, 0.6) is 23.0 Å². The Kier molecular flexibility index (Phi) is 7.53. The Morgan fingerprint density at radius 2 is 1.19 bits per heavy atom. The first kappa shape index (κ1) is 20.6. The average molecular weight is 372 g/mol. The van der Waals surface area contributed by atoms with E-state index < -0.39 is 0 Å². The molecule has 0 aromatic heterocycles. The molecule has 0 saturated carbocycles. The van der Waals surface area contributed by atoms with E-state index in [2.05, 4.69) is 6.92 Å². The summed E-state index contributed by atoms with van der Waals surface area (Å²) in [6.07, 6.45) is 2.47. The van der Waals surface area contributed by atoms with Gasteiger partial charge in [0.25, 0.3) is 0 Å². The minimum Gasteiger partial charge on any atom is -0.493 e. The number of benzene rings is 2. The third kappa shape index (κ3) is 5.16. The topological polar surface area (TPSA) is 54.0 Å². The second kappa shape index (κ2) is 9.86. The zero-order valence-corrected chi connectivity index (χ0v) is 16.7. The molecule has 0 N–H and O–H groups in total. The fourth-order valence-corrected chi connectivity index (χ4v) is 3.19. The molecule has 27 heavy (non-hydrogen) atoms. The predicted octanol–water partition coefficient (Wildman–Crippen LogP) is 3.96. The lowest BCUT2D eigenvalue weighted by molar-refractivity contribution is -0.112. The van der Waals surface area contributed by atoms with Crippen molar-refractivity contribution in [3.8, 4) is 23.0 Å². The van der Waals surface area contributed by atoms with Gasteiger partial charge in [-0.15, -0.1) is 0 Å². The van der Waals surface area contributed by atoms with Crippen LogP contribution < -0.4 is 18.9 Å². The quantitative estimate of drug-likeness (QED) is 0.591. The smallest absolute Gasteiger partial charge is 0.160 e. The van der Waals surface area contributed by atoms with E-state index in [1.54, 1.807) is 28.4 Å². The van der Waals surface area contributed by atoms with Gasteiger partial charge in [0, 0.05) is 5.92 Å². The van der Waals surface area contributed by atoms with E-state index in [1.165, 1.54) is 0 Å². The number of methoxy groups -OCH3 is 4. The highest BCUT2D eigenvalue weighted by molar-refractivity contribution is 5.56. The number of hydrogen-bond acceptors (Lipinski definition) is 5. The largest absolute Gasteiger partial charge is 0.493 e. The summed E-state index contributed by atoms with van der Waals surface area (Å²) in [7, 11) is 6.46. The number of aldehydes is 1. The second-order valence-electron chi connectivity index (χ2n) is 6.56. The molecule has 0 fully saturated rings. The molecular formula is C22H28O5. The minimum atomic E-state index is -0.101. The molecule has 0 spiro atoms. The Balaban J connectivity index is 2.12. The fraction of sp³-hybridized carbons (Fsp3) is 0.409. The molecule has 0 saturated heterocycles. The Bertz CT molecular complexity index is 756. The van der Waals surface area contributed by atoms with Crippen LogP contribution in [0.4, 0.5) is 0 Å². The summed E-state index contributed by atoms with van der Waals surface area (Å²) >= 11 is 0. The molecule has 0 radical (unpaired) electrons. The van der Waals surface area contributed by atoms with E-state index in [9.17, 15) is 4.79 Å². The predicted molar refractivity (Wildman–Crippen MR) is 105 cm³/mol. The summed E-state index contributed by atoms with van der Waals surface area (Å²) < 4.78 is 21.3. The third-order valence-electron chi connectivity index (χ3n) is 4.83. The van der Waals surface area contributed by atoms with E-state index in [1.807, 2.05) is 36.4 Å². The lowest BCUT2D eigenvalue weighted by atomic mass is 9.85. The SMILES string of the molecule is COc1ccc(C[C@@H](C)[C@@H](C=O)Cc2ccc(OC)c(OC)c2)cc1OC.